The Morgan fingerprint density at radius 1 is 1.33 bits per heavy atom. The van der Waals surface area contributed by atoms with Gasteiger partial charge in [0.2, 0.25) is 0 Å². The van der Waals surface area contributed by atoms with E-state index in [9.17, 15) is 9.90 Å². The van der Waals surface area contributed by atoms with Gasteiger partial charge in [0.15, 0.2) is 5.60 Å². The molecule has 0 spiro atoms. The second kappa shape index (κ2) is 5.26. The molecule has 1 N–H and O–H groups in total. The molecule has 6 nitrogen and oxygen atoms in total. The Labute approximate surface area is 124 Å². The summed E-state index contributed by atoms with van der Waals surface area (Å²) in [6.45, 7) is 2.90. The van der Waals surface area contributed by atoms with E-state index >= 15 is 0 Å². The average molecular weight is 291 g/mol. The zero-order chi connectivity index (χ0) is 15.0. The quantitative estimate of drug-likeness (QED) is 0.906. The van der Waals surface area contributed by atoms with Gasteiger partial charge >= 0.3 is 5.97 Å². The number of rotatable bonds is 3. The Morgan fingerprint density at radius 2 is 2.10 bits per heavy atom. The topological polar surface area (TPSA) is 75.6 Å². The predicted octanol–water partition coefficient (Wildman–Crippen LogP) is 1.34. The molecule has 6 heteroatoms. The van der Waals surface area contributed by atoms with Crippen LogP contribution in [0.5, 0.6) is 0 Å². The Hall–Kier alpha value is -1.69. The first-order chi connectivity index (χ1) is 10.1. The number of methoxy groups -OCH3 is 1. The van der Waals surface area contributed by atoms with Crippen LogP contribution in [0.4, 0.5) is 5.82 Å². The Morgan fingerprint density at radius 3 is 2.76 bits per heavy atom. The molecular formula is C15H21N3O3. The number of carbonyl (C=O) groups is 1. The Balaban J connectivity index is 1.95. The molecule has 0 saturated carbocycles. The van der Waals surface area contributed by atoms with Crippen molar-refractivity contribution in [1.29, 1.82) is 0 Å². The van der Waals surface area contributed by atoms with Crippen molar-refractivity contribution in [3.05, 3.63) is 17.1 Å². The van der Waals surface area contributed by atoms with Crippen molar-refractivity contribution < 1.29 is 14.6 Å². The van der Waals surface area contributed by atoms with Crippen LogP contribution in [0, 0.1) is 6.92 Å². The summed E-state index contributed by atoms with van der Waals surface area (Å²) in [7, 11) is 1.47. The minimum absolute atomic E-state index is 0.349. The van der Waals surface area contributed by atoms with Crippen molar-refractivity contribution in [3.63, 3.8) is 0 Å². The lowest BCUT2D eigenvalue weighted by Crippen LogP contribution is -2.43. The molecule has 114 valence electrons. The molecule has 0 aromatic carbocycles. The van der Waals surface area contributed by atoms with Gasteiger partial charge in [0, 0.05) is 31.3 Å². The third-order valence-corrected chi connectivity index (χ3v) is 4.58. The summed E-state index contributed by atoms with van der Waals surface area (Å²) in [5, 5.41) is 9.44. The molecule has 1 aliphatic carbocycles. The monoisotopic (exact) mass is 291 g/mol. The van der Waals surface area contributed by atoms with E-state index in [0.717, 1.165) is 36.6 Å². The minimum Gasteiger partial charge on any atom is -0.479 e. The molecule has 2 heterocycles. The molecule has 1 saturated heterocycles. The highest BCUT2D eigenvalue weighted by Crippen LogP contribution is 2.33. The minimum atomic E-state index is -1.11. The van der Waals surface area contributed by atoms with E-state index in [1.54, 1.807) is 0 Å². The fraction of sp³-hybridized carbons (Fsp3) is 0.667. The van der Waals surface area contributed by atoms with Gasteiger partial charge in [0.05, 0.1) is 6.54 Å². The van der Waals surface area contributed by atoms with Gasteiger partial charge in [-0.2, -0.15) is 0 Å². The van der Waals surface area contributed by atoms with Crippen LogP contribution in [0.3, 0.4) is 0 Å². The number of fused-ring (bicyclic) bond motifs is 1. The summed E-state index contributed by atoms with van der Waals surface area (Å²) < 4.78 is 5.30. The number of hydrogen-bond donors (Lipinski definition) is 1. The lowest BCUT2D eigenvalue weighted by molar-refractivity contribution is -0.159. The lowest BCUT2D eigenvalue weighted by atomic mass is 9.96. The summed E-state index contributed by atoms with van der Waals surface area (Å²) in [5.74, 6) is 0.778. The van der Waals surface area contributed by atoms with Crippen LogP contribution < -0.4 is 4.90 Å². The molecule has 1 aromatic rings. The second-order valence-corrected chi connectivity index (χ2v) is 5.90. The Bertz CT molecular complexity index is 576. The molecule has 0 bridgehead atoms. The van der Waals surface area contributed by atoms with Crippen LogP contribution in [0.25, 0.3) is 0 Å². The van der Waals surface area contributed by atoms with Gasteiger partial charge in [0.1, 0.15) is 11.6 Å². The standard InChI is InChI=1S/C15H21N3O3/c1-10-16-12-6-4-3-5-11(12)13(17-10)18-8-7-15(9-18,21-2)14(19)20/h3-9H2,1-2H3,(H,19,20). The van der Waals surface area contributed by atoms with Crippen molar-refractivity contribution in [2.45, 2.75) is 44.6 Å². The number of aryl methyl sites for hydroxylation is 2. The van der Waals surface area contributed by atoms with Gasteiger partial charge in [-0.05, 0) is 32.6 Å². The van der Waals surface area contributed by atoms with Crippen molar-refractivity contribution in [2.24, 2.45) is 0 Å². The first-order valence-electron chi connectivity index (χ1n) is 7.45. The van der Waals surface area contributed by atoms with E-state index in [1.165, 1.54) is 19.1 Å². The van der Waals surface area contributed by atoms with E-state index in [4.69, 9.17) is 4.74 Å². The summed E-state index contributed by atoms with van der Waals surface area (Å²) in [5.41, 5.74) is 1.22. The van der Waals surface area contributed by atoms with Gasteiger partial charge in [-0.3, -0.25) is 0 Å². The largest absolute Gasteiger partial charge is 0.479 e. The highest BCUT2D eigenvalue weighted by atomic mass is 16.5. The number of aliphatic carboxylic acids is 1. The van der Waals surface area contributed by atoms with Gasteiger partial charge < -0.3 is 14.7 Å². The third-order valence-electron chi connectivity index (χ3n) is 4.58. The number of hydrogen-bond acceptors (Lipinski definition) is 5. The molecule has 3 rings (SSSR count). The summed E-state index contributed by atoms with van der Waals surface area (Å²) >= 11 is 0. The predicted molar refractivity (Wildman–Crippen MR) is 77.6 cm³/mol. The smallest absolute Gasteiger partial charge is 0.337 e. The number of anilines is 1. The summed E-state index contributed by atoms with van der Waals surface area (Å²) in [6, 6.07) is 0. The highest BCUT2D eigenvalue weighted by molar-refractivity contribution is 5.79. The SMILES string of the molecule is COC1(C(=O)O)CCN(c2nc(C)nc3c2CCCC3)C1. The van der Waals surface area contributed by atoms with Crippen LogP contribution >= 0.6 is 0 Å². The zero-order valence-electron chi connectivity index (χ0n) is 12.6. The first kappa shape index (κ1) is 14.3. The van der Waals surface area contributed by atoms with Crippen molar-refractivity contribution in [2.75, 3.05) is 25.1 Å². The third kappa shape index (κ3) is 2.37. The van der Waals surface area contributed by atoms with E-state index in [0.29, 0.717) is 19.5 Å². The maximum absolute atomic E-state index is 11.5. The summed E-state index contributed by atoms with van der Waals surface area (Å²) in [6.07, 6.45) is 4.77. The van der Waals surface area contributed by atoms with E-state index in [2.05, 4.69) is 14.9 Å². The number of nitrogens with zero attached hydrogens (tertiary/aromatic N) is 3. The number of carboxylic acids is 1. The maximum atomic E-state index is 11.5. The zero-order valence-corrected chi connectivity index (χ0v) is 12.6. The van der Waals surface area contributed by atoms with Gasteiger partial charge in [-0.25, -0.2) is 14.8 Å². The van der Waals surface area contributed by atoms with Gasteiger partial charge in [0.25, 0.3) is 0 Å². The molecule has 1 fully saturated rings. The molecule has 21 heavy (non-hydrogen) atoms. The molecule has 1 unspecified atom stereocenters. The van der Waals surface area contributed by atoms with Crippen LogP contribution in [-0.2, 0) is 22.4 Å². The van der Waals surface area contributed by atoms with Crippen molar-refractivity contribution in [3.8, 4) is 0 Å². The Kier molecular flexibility index (Phi) is 3.57. The molecule has 0 amide bonds. The number of ether oxygens (including phenoxy) is 1. The van der Waals surface area contributed by atoms with Gasteiger partial charge in [-0.1, -0.05) is 0 Å². The molecule has 1 atom stereocenters. The molecule has 1 aliphatic heterocycles. The van der Waals surface area contributed by atoms with Crippen LogP contribution in [0.15, 0.2) is 0 Å². The fourth-order valence-electron chi connectivity index (χ4n) is 3.35. The van der Waals surface area contributed by atoms with Crippen molar-refractivity contribution in [1.82, 2.24) is 9.97 Å². The number of aromatic nitrogens is 2. The van der Waals surface area contributed by atoms with Crippen molar-refractivity contribution >= 4 is 11.8 Å². The summed E-state index contributed by atoms with van der Waals surface area (Å²) in [4.78, 5) is 22.7. The van der Waals surface area contributed by atoms with E-state index in [1.807, 2.05) is 6.92 Å². The fourth-order valence-corrected chi connectivity index (χ4v) is 3.35. The molecular weight excluding hydrogens is 270 g/mol. The van der Waals surface area contributed by atoms with Gasteiger partial charge in [-0.15, -0.1) is 0 Å². The molecule has 1 aromatic heterocycles. The first-order valence-corrected chi connectivity index (χ1v) is 7.45. The maximum Gasteiger partial charge on any atom is 0.337 e. The lowest BCUT2D eigenvalue weighted by Gasteiger charge is -2.27. The average Bonchev–Trinajstić information content (AvgIpc) is 2.92. The molecule has 0 radical (unpaired) electrons. The van der Waals surface area contributed by atoms with Crippen LogP contribution in [0.1, 0.15) is 36.3 Å². The van der Waals surface area contributed by atoms with E-state index < -0.39 is 11.6 Å². The van der Waals surface area contributed by atoms with Crippen LogP contribution in [-0.4, -0.2) is 46.8 Å². The highest BCUT2D eigenvalue weighted by Gasteiger charge is 2.46. The number of carboxylic acid groups (broad SMARTS) is 1. The second-order valence-electron chi connectivity index (χ2n) is 5.90. The van der Waals surface area contributed by atoms with E-state index in [-0.39, 0.29) is 0 Å². The van der Waals surface area contributed by atoms with Crippen LogP contribution in [0.2, 0.25) is 0 Å². The molecule has 2 aliphatic rings. The normalized spacial score (nSPS) is 25.0.